The van der Waals surface area contributed by atoms with Crippen LogP contribution < -0.4 is 10.6 Å². The van der Waals surface area contributed by atoms with Gasteiger partial charge in [-0.15, -0.1) is 0 Å². The number of hydrogen-bond donors (Lipinski definition) is 2. The number of rotatable bonds is 7. The van der Waals surface area contributed by atoms with E-state index in [0.29, 0.717) is 0 Å². The summed E-state index contributed by atoms with van der Waals surface area (Å²) in [7, 11) is 0. The number of likely N-dealkylation sites (tertiary alicyclic amines) is 1. The second-order valence-corrected chi connectivity index (χ2v) is 7.60. The molecule has 2 fully saturated rings. The Morgan fingerprint density at radius 1 is 1.29 bits per heavy atom. The lowest BCUT2D eigenvalue weighted by Crippen LogP contribution is -2.40. The number of aliphatic imine (C=N–C) groups is 1. The van der Waals surface area contributed by atoms with Crippen molar-refractivity contribution in [2.24, 2.45) is 10.9 Å². The van der Waals surface area contributed by atoms with Gasteiger partial charge in [0.25, 0.3) is 0 Å². The summed E-state index contributed by atoms with van der Waals surface area (Å²) in [6.45, 7) is 11.1. The predicted octanol–water partition coefficient (Wildman–Crippen LogP) is 2.17. The van der Waals surface area contributed by atoms with Crippen molar-refractivity contribution in [1.82, 2.24) is 15.5 Å². The summed E-state index contributed by atoms with van der Waals surface area (Å²) < 4.78 is 0. The molecule has 0 amide bonds. The van der Waals surface area contributed by atoms with Crippen molar-refractivity contribution in [2.45, 2.75) is 44.8 Å². The van der Waals surface area contributed by atoms with E-state index >= 15 is 0 Å². The smallest absolute Gasteiger partial charge is 0.191 e. The lowest BCUT2D eigenvalue weighted by molar-refractivity contribution is 0.326. The van der Waals surface area contributed by atoms with E-state index < -0.39 is 0 Å². The van der Waals surface area contributed by atoms with Crippen LogP contribution in [-0.4, -0.2) is 61.1 Å². The Kier molecular flexibility index (Phi) is 7.72. The van der Waals surface area contributed by atoms with Gasteiger partial charge in [-0.25, -0.2) is 0 Å². The third-order valence-corrected chi connectivity index (χ3v) is 5.68. The highest BCUT2D eigenvalue weighted by atomic mass is 32.2. The first-order chi connectivity index (χ1) is 10.3. The summed E-state index contributed by atoms with van der Waals surface area (Å²) in [5.74, 6) is 3.09. The van der Waals surface area contributed by atoms with Crippen molar-refractivity contribution in [1.29, 1.82) is 0 Å². The number of hydrogen-bond acceptors (Lipinski definition) is 3. The molecule has 2 saturated heterocycles. The van der Waals surface area contributed by atoms with Crippen LogP contribution in [0.3, 0.4) is 0 Å². The second kappa shape index (κ2) is 9.57. The molecule has 0 aromatic heterocycles. The van der Waals surface area contributed by atoms with E-state index in [1.807, 2.05) is 0 Å². The largest absolute Gasteiger partial charge is 0.357 e. The fourth-order valence-electron chi connectivity index (χ4n) is 3.16. The molecule has 2 atom stereocenters. The van der Waals surface area contributed by atoms with Crippen LogP contribution in [-0.2, 0) is 0 Å². The van der Waals surface area contributed by atoms with Crippen molar-refractivity contribution in [3.63, 3.8) is 0 Å². The van der Waals surface area contributed by atoms with E-state index in [9.17, 15) is 0 Å². The van der Waals surface area contributed by atoms with Gasteiger partial charge in [-0.05, 0) is 57.4 Å². The van der Waals surface area contributed by atoms with Gasteiger partial charge >= 0.3 is 0 Å². The number of thioether (sulfide) groups is 1. The quantitative estimate of drug-likeness (QED) is 0.558. The molecule has 2 rings (SSSR count). The Balaban J connectivity index is 1.72. The topological polar surface area (TPSA) is 39.7 Å². The van der Waals surface area contributed by atoms with Crippen LogP contribution in [0, 0.1) is 5.92 Å². The van der Waals surface area contributed by atoms with E-state index in [4.69, 9.17) is 4.99 Å². The van der Waals surface area contributed by atoms with Crippen molar-refractivity contribution in [2.75, 3.05) is 45.0 Å². The molecule has 0 aromatic rings. The molecule has 0 bridgehead atoms. The summed E-state index contributed by atoms with van der Waals surface area (Å²) in [5.41, 5.74) is 0. The fraction of sp³-hybridized carbons (Fsp3) is 0.938. The van der Waals surface area contributed by atoms with E-state index in [1.165, 1.54) is 51.1 Å². The minimum Gasteiger partial charge on any atom is -0.357 e. The zero-order chi connectivity index (χ0) is 14.9. The van der Waals surface area contributed by atoms with Gasteiger partial charge in [0, 0.05) is 31.4 Å². The summed E-state index contributed by atoms with van der Waals surface area (Å²) in [5, 5.41) is 7.69. The predicted molar refractivity (Wildman–Crippen MR) is 94.3 cm³/mol. The molecular weight excluding hydrogens is 280 g/mol. The number of guanidine groups is 1. The highest BCUT2D eigenvalue weighted by Gasteiger charge is 2.21. The standard InChI is InChI=1S/C16H32N4S/c1-3-8-20-9-7-14(13-20)11-18-16(17-4-2)19-12-15-6-5-10-21-15/h14-15H,3-13H2,1-2H3,(H2,17,18,19). The molecule has 0 spiro atoms. The second-order valence-electron chi connectivity index (χ2n) is 6.19. The van der Waals surface area contributed by atoms with Gasteiger partial charge in [-0.3, -0.25) is 4.99 Å². The van der Waals surface area contributed by atoms with Crippen LogP contribution in [0.5, 0.6) is 0 Å². The Labute approximate surface area is 134 Å². The monoisotopic (exact) mass is 312 g/mol. The van der Waals surface area contributed by atoms with Crippen LogP contribution in [0.15, 0.2) is 4.99 Å². The van der Waals surface area contributed by atoms with Crippen LogP contribution in [0.2, 0.25) is 0 Å². The summed E-state index contributed by atoms with van der Waals surface area (Å²) in [4.78, 5) is 7.39. The third kappa shape index (κ3) is 6.07. The number of nitrogens with zero attached hydrogens (tertiary/aromatic N) is 2. The summed E-state index contributed by atoms with van der Waals surface area (Å²) >= 11 is 2.10. The van der Waals surface area contributed by atoms with Gasteiger partial charge in [0.15, 0.2) is 5.96 Å². The zero-order valence-corrected chi connectivity index (χ0v) is 14.6. The van der Waals surface area contributed by atoms with Gasteiger partial charge < -0.3 is 15.5 Å². The zero-order valence-electron chi connectivity index (χ0n) is 13.7. The van der Waals surface area contributed by atoms with E-state index in [2.05, 4.69) is 41.1 Å². The molecule has 0 aliphatic carbocycles. The maximum atomic E-state index is 4.81. The summed E-state index contributed by atoms with van der Waals surface area (Å²) in [6, 6.07) is 0. The van der Waals surface area contributed by atoms with Crippen LogP contribution >= 0.6 is 11.8 Å². The van der Waals surface area contributed by atoms with Gasteiger partial charge in [-0.2, -0.15) is 11.8 Å². The average Bonchev–Trinajstić information content (AvgIpc) is 3.14. The van der Waals surface area contributed by atoms with Gasteiger partial charge in [0.2, 0.25) is 0 Å². The van der Waals surface area contributed by atoms with Crippen LogP contribution in [0.25, 0.3) is 0 Å². The van der Waals surface area contributed by atoms with E-state index in [-0.39, 0.29) is 0 Å². The minimum atomic E-state index is 0.743. The Morgan fingerprint density at radius 3 is 2.90 bits per heavy atom. The molecule has 21 heavy (non-hydrogen) atoms. The van der Waals surface area contributed by atoms with Gasteiger partial charge in [-0.1, -0.05) is 6.92 Å². The maximum Gasteiger partial charge on any atom is 0.191 e. The molecule has 4 nitrogen and oxygen atoms in total. The molecule has 2 aliphatic heterocycles. The van der Waals surface area contributed by atoms with Gasteiger partial charge in [0.05, 0.1) is 0 Å². The van der Waals surface area contributed by atoms with Crippen molar-refractivity contribution in [3.05, 3.63) is 0 Å². The molecule has 5 heteroatoms. The molecule has 122 valence electrons. The minimum absolute atomic E-state index is 0.743. The molecule has 0 radical (unpaired) electrons. The van der Waals surface area contributed by atoms with Crippen molar-refractivity contribution < 1.29 is 0 Å². The van der Waals surface area contributed by atoms with E-state index in [1.54, 1.807) is 0 Å². The highest BCUT2D eigenvalue weighted by molar-refractivity contribution is 8.00. The molecular formula is C16H32N4S. The molecule has 0 saturated carbocycles. The van der Waals surface area contributed by atoms with Gasteiger partial charge in [0.1, 0.15) is 0 Å². The molecule has 2 aliphatic rings. The molecule has 2 N–H and O–H groups in total. The Morgan fingerprint density at radius 2 is 2.19 bits per heavy atom. The average molecular weight is 313 g/mol. The number of nitrogens with one attached hydrogen (secondary N) is 2. The first-order valence-corrected chi connectivity index (χ1v) is 9.72. The normalized spacial score (nSPS) is 27.2. The Bertz CT molecular complexity index is 315. The van der Waals surface area contributed by atoms with E-state index in [0.717, 1.165) is 36.8 Å². The van der Waals surface area contributed by atoms with Crippen molar-refractivity contribution >= 4 is 17.7 Å². The van der Waals surface area contributed by atoms with Crippen LogP contribution in [0.1, 0.15) is 39.5 Å². The molecule has 2 unspecified atom stereocenters. The first-order valence-electron chi connectivity index (χ1n) is 8.68. The third-order valence-electron chi connectivity index (χ3n) is 4.28. The Hall–Kier alpha value is -0.420. The SMILES string of the molecule is CCCN1CCC(CN=C(NCC)NCC2CCCS2)C1. The van der Waals surface area contributed by atoms with Crippen LogP contribution in [0.4, 0.5) is 0 Å². The van der Waals surface area contributed by atoms with Crippen molar-refractivity contribution in [3.8, 4) is 0 Å². The lowest BCUT2D eigenvalue weighted by atomic mass is 10.1. The highest BCUT2D eigenvalue weighted by Crippen LogP contribution is 2.25. The first kappa shape index (κ1) is 16.9. The molecule has 2 heterocycles. The molecule has 0 aromatic carbocycles. The summed E-state index contributed by atoms with van der Waals surface area (Å²) in [6.07, 6.45) is 5.30. The maximum absolute atomic E-state index is 4.81. The fourth-order valence-corrected chi connectivity index (χ4v) is 4.36. The lowest BCUT2D eigenvalue weighted by Gasteiger charge is -2.16.